The smallest absolute Gasteiger partial charge is 0.338 e. The van der Waals surface area contributed by atoms with Gasteiger partial charge in [0, 0.05) is 22.6 Å². The molecule has 0 bridgehead atoms. The summed E-state index contributed by atoms with van der Waals surface area (Å²) in [6.45, 7) is 11.3. The van der Waals surface area contributed by atoms with Crippen molar-refractivity contribution in [3.63, 3.8) is 0 Å². The standard InChI is InChI=1S/C20H26N2O3/c1-13-7-8-14(2)22(13)17-11-9-16(10-12-17)19(24)25-15(3)18(23)21-20(4,5)6/h7-12,15H,1-6H3,(H,21,23)/t15-/m1/s1. The van der Waals surface area contributed by atoms with Crippen molar-refractivity contribution in [2.75, 3.05) is 0 Å². The first kappa shape index (κ1) is 18.8. The van der Waals surface area contributed by atoms with Gasteiger partial charge in [0.05, 0.1) is 5.56 Å². The molecule has 0 aliphatic rings. The summed E-state index contributed by atoms with van der Waals surface area (Å²) in [6.07, 6.45) is -0.847. The number of benzene rings is 1. The molecule has 2 aromatic rings. The van der Waals surface area contributed by atoms with Gasteiger partial charge in [0.2, 0.25) is 0 Å². The van der Waals surface area contributed by atoms with E-state index in [1.54, 1.807) is 19.1 Å². The first-order valence-corrected chi connectivity index (χ1v) is 8.37. The number of carbonyl (C=O) groups is 2. The number of amides is 1. The van der Waals surface area contributed by atoms with Gasteiger partial charge in [-0.25, -0.2) is 4.79 Å². The molecule has 0 saturated heterocycles. The van der Waals surface area contributed by atoms with E-state index in [-0.39, 0.29) is 11.4 Å². The molecule has 1 aromatic heterocycles. The van der Waals surface area contributed by atoms with Gasteiger partial charge in [0.1, 0.15) is 0 Å². The third-order valence-electron chi connectivity index (χ3n) is 3.78. The summed E-state index contributed by atoms with van der Waals surface area (Å²) in [6, 6.07) is 11.3. The van der Waals surface area contributed by atoms with Gasteiger partial charge < -0.3 is 14.6 Å². The summed E-state index contributed by atoms with van der Waals surface area (Å²) >= 11 is 0. The Balaban J connectivity index is 2.07. The van der Waals surface area contributed by atoms with Crippen LogP contribution in [0.5, 0.6) is 0 Å². The minimum Gasteiger partial charge on any atom is -0.449 e. The van der Waals surface area contributed by atoms with Gasteiger partial charge in [-0.15, -0.1) is 0 Å². The van der Waals surface area contributed by atoms with Crippen LogP contribution in [0.25, 0.3) is 5.69 Å². The van der Waals surface area contributed by atoms with Gasteiger partial charge in [-0.2, -0.15) is 0 Å². The van der Waals surface area contributed by atoms with Crippen LogP contribution >= 0.6 is 0 Å². The van der Waals surface area contributed by atoms with Crippen molar-refractivity contribution in [1.29, 1.82) is 0 Å². The van der Waals surface area contributed by atoms with Crippen molar-refractivity contribution in [3.05, 3.63) is 53.3 Å². The van der Waals surface area contributed by atoms with E-state index in [1.807, 2.05) is 58.9 Å². The zero-order valence-electron chi connectivity index (χ0n) is 15.7. The summed E-state index contributed by atoms with van der Waals surface area (Å²) in [5.74, 6) is -0.819. The maximum Gasteiger partial charge on any atom is 0.338 e. The lowest BCUT2D eigenvalue weighted by atomic mass is 10.1. The Morgan fingerprint density at radius 3 is 2.00 bits per heavy atom. The number of aryl methyl sites for hydroxylation is 2. The highest BCUT2D eigenvalue weighted by Crippen LogP contribution is 2.17. The highest BCUT2D eigenvalue weighted by Gasteiger charge is 2.22. The van der Waals surface area contributed by atoms with E-state index >= 15 is 0 Å². The highest BCUT2D eigenvalue weighted by molar-refractivity contribution is 5.92. The van der Waals surface area contributed by atoms with E-state index < -0.39 is 12.1 Å². The third-order valence-corrected chi connectivity index (χ3v) is 3.78. The average Bonchev–Trinajstić information content (AvgIpc) is 2.84. The molecule has 25 heavy (non-hydrogen) atoms. The Morgan fingerprint density at radius 2 is 1.52 bits per heavy atom. The minimum absolute atomic E-state index is 0.309. The summed E-state index contributed by atoms with van der Waals surface area (Å²) in [4.78, 5) is 24.3. The van der Waals surface area contributed by atoms with Gasteiger partial charge in [0.25, 0.3) is 5.91 Å². The van der Waals surface area contributed by atoms with Crippen molar-refractivity contribution in [3.8, 4) is 5.69 Å². The summed E-state index contributed by atoms with van der Waals surface area (Å²) in [5, 5.41) is 2.80. The summed E-state index contributed by atoms with van der Waals surface area (Å²) < 4.78 is 7.37. The van der Waals surface area contributed by atoms with Gasteiger partial charge in [-0.3, -0.25) is 4.79 Å². The van der Waals surface area contributed by atoms with Crippen molar-refractivity contribution in [1.82, 2.24) is 9.88 Å². The number of ether oxygens (including phenoxy) is 1. The molecule has 5 nitrogen and oxygen atoms in total. The molecule has 0 fully saturated rings. The van der Waals surface area contributed by atoms with Crippen LogP contribution in [0.3, 0.4) is 0 Å². The van der Waals surface area contributed by atoms with Crippen LogP contribution in [0.1, 0.15) is 49.4 Å². The SMILES string of the molecule is Cc1ccc(C)n1-c1ccc(C(=O)O[C@H](C)C(=O)NC(C)(C)C)cc1. The Labute approximate surface area is 149 Å². The molecule has 1 atom stereocenters. The number of carbonyl (C=O) groups excluding carboxylic acids is 2. The Bertz CT molecular complexity index is 748. The van der Waals surface area contributed by atoms with E-state index in [2.05, 4.69) is 9.88 Å². The van der Waals surface area contributed by atoms with E-state index in [9.17, 15) is 9.59 Å². The number of esters is 1. The Morgan fingerprint density at radius 1 is 1.00 bits per heavy atom. The number of nitrogens with zero attached hydrogens (tertiary/aromatic N) is 1. The number of nitrogens with one attached hydrogen (secondary N) is 1. The fourth-order valence-electron chi connectivity index (χ4n) is 2.58. The molecule has 134 valence electrons. The second-order valence-electron chi connectivity index (χ2n) is 7.29. The second-order valence-corrected chi connectivity index (χ2v) is 7.29. The lowest BCUT2D eigenvalue weighted by molar-refractivity contribution is -0.130. The molecule has 0 saturated carbocycles. The van der Waals surface area contributed by atoms with Crippen molar-refractivity contribution >= 4 is 11.9 Å². The molecule has 2 rings (SSSR count). The van der Waals surface area contributed by atoms with Crippen LogP contribution in [-0.2, 0) is 9.53 Å². The van der Waals surface area contributed by atoms with Crippen molar-refractivity contribution in [2.24, 2.45) is 0 Å². The lowest BCUT2D eigenvalue weighted by Gasteiger charge is -2.23. The first-order valence-electron chi connectivity index (χ1n) is 8.37. The van der Waals surface area contributed by atoms with E-state index in [0.717, 1.165) is 17.1 Å². The predicted molar refractivity (Wildman–Crippen MR) is 98.0 cm³/mol. The lowest BCUT2D eigenvalue weighted by Crippen LogP contribution is -2.46. The van der Waals surface area contributed by atoms with Gasteiger partial charge >= 0.3 is 5.97 Å². The second kappa shape index (κ2) is 7.13. The monoisotopic (exact) mass is 342 g/mol. The van der Waals surface area contributed by atoms with Crippen LogP contribution in [-0.4, -0.2) is 28.1 Å². The third kappa shape index (κ3) is 4.72. The van der Waals surface area contributed by atoms with Crippen molar-refractivity contribution < 1.29 is 14.3 Å². The fraction of sp³-hybridized carbons (Fsp3) is 0.400. The fourth-order valence-corrected chi connectivity index (χ4v) is 2.58. The maximum atomic E-state index is 12.2. The summed E-state index contributed by atoms with van der Waals surface area (Å²) in [7, 11) is 0. The molecule has 1 N–H and O–H groups in total. The normalized spacial score (nSPS) is 12.6. The molecule has 0 aliphatic heterocycles. The highest BCUT2D eigenvalue weighted by atomic mass is 16.5. The number of hydrogen-bond donors (Lipinski definition) is 1. The largest absolute Gasteiger partial charge is 0.449 e. The number of hydrogen-bond acceptors (Lipinski definition) is 3. The van der Waals surface area contributed by atoms with Gasteiger partial charge in [-0.1, -0.05) is 0 Å². The Hall–Kier alpha value is -2.56. The van der Waals surface area contributed by atoms with Crippen LogP contribution in [0.15, 0.2) is 36.4 Å². The number of aromatic nitrogens is 1. The topological polar surface area (TPSA) is 60.3 Å². The van der Waals surface area contributed by atoms with E-state index in [1.165, 1.54) is 0 Å². The zero-order chi connectivity index (χ0) is 18.8. The van der Waals surface area contributed by atoms with Crippen molar-refractivity contribution in [2.45, 2.75) is 53.2 Å². The van der Waals surface area contributed by atoms with Crippen LogP contribution in [0.2, 0.25) is 0 Å². The van der Waals surface area contributed by atoms with Crippen LogP contribution < -0.4 is 5.32 Å². The zero-order valence-corrected chi connectivity index (χ0v) is 15.7. The molecule has 1 amide bonds. The molecular weight excluding hydrogens is 316 g/mol. The average molecular weight is 342 g/mol. The van der Waals surface area contributed by atoms with Gasteiger partial charge in [-0.05, 0) is 77.9 Å². The van der Waals surface area contributed by atoms with E-state index in [4.69, 9.17) is 4.74 Å². The molecule has 1 heterocycles. The van der Waals surface area contributed by atoms with Crippen LogP contribution in [0, 0.1) is 13.8 Å². The van der Waals surface area contributed by atoms with Crippen LogP contribution in [0.4, 0.5) is 0 Å². The molecule has 0 spiro atoms. The molecule has 0 aliphatic carbocycles. The minimum atomic E-state index is -0.847. The molecule has 5 heteroatoms. The molecule has 1 aromatic carbocycles. The Kier molecular flexibility index (Phi) is 5.36. The summed E-state index contributed by atoms with van der Waals surface area (Å²) in [5.41, 5.74) is 3.28. The predicted octanol–water partition coefficient (Wildman–Crippen LogP) is 3.55. The molecule has 0 radical (unpaired) electrons. The van der Waals surface area contributed by atoms with Gasteiger partial charge in [0.15, 0.2) is 6.10 Å². The van der Waals surface area contributed by atoms with E-state index in [0.29, 0.717) is 5.56 Å². The molecule has 0 unspecified atom stereocenters. The first-order chi connectivity index (χ1) is 11.6. The maximum absolute atomic E-state index is 12.2. The molecular formula is C20H26N2O3. The number of rotatable bonds is 4. The quantitative estimate of drug-likeness (QED) is 0.864.